The molecule has 7 nitrogen and oxygen atoms in total. The monoisotopic (exact) mass is 445 g/mol. The van der Waals surface area contributed by atoms with Crippen molar-refractivity contribution < 1.29 is 9.59 Å². The molecule has 1 fully saturated rings. The van der Waals surface area contributed by atoms with Crippen LogP contribution in [0.2, 0.25) is 0 Å². The lowest BCUT2D eigenvalue weighted by Gasteiger charge is -2.37. The normalized spacial score (nSPS) is 14.3. The number of piperazine rings is 1. The van der Waals surface area contributed by atoms with Crippen molar-refractivity contribution >= 4 is 23.1 Å². The van der Waals surface area contributed by atoms with Gasteiger partial charge in [0.15, 0.2) is 5.78 Å². The van der Waals surface area contributed by atoms with E-state index in [1.807, 2.05) is 44.4 Å². The van der Waals surface area contributed by atoms with Gasteiger partial charge in [-0.3, -0.25) is 19.5 Å². The number of H-pyrrole nitrogens is 1. The van der Waals surface area contributed by atoms with E-state index in [1.54, 1.807) is 0 Å². The van der Waals surface area contributed by atoms with E-state index in [9.17, 15) is 9.59 Å². The first-order valence-electron chi connectivity index (χ1n) is 11.4. The van der Waals surface area contributed by atoms with Gasteiger partial charge >= 0.3 is 0 Å². The number of pyridine rings is 1. The number of nitrogens with one attached hydrogen (secondary N) is 2. The number of carbonyl (C=O) groups excluding carboxylic acids is 2. The summed E-state index contributed by atoms with van der Waals surface area (Å²) in [5, 5.41) is 3.06. The third-order valence-electron chi connectivity index (χ3n) is 6.35. The number of aryl methyl sites for hydroxylation is 1. The van der Waals surface area contributed by atoms with Gasteiger partial charge in [0.05, 0.1) is 11.4 Å². The molecule has 1 aliphatic heterocycles. The Morgan fingerprint density at radius 3 is 2.39 bits per heavy atom. The molecule has 0 bridgehead atoms. The largest absolute Gasteiger partial charge is 0.367 e. The molecule has 1 amide bonds. The second kappa shape index (κ2) is 10.0. The highest BCUT2D eigenvalue weighted by Gasteiger charge is 2.23. The molecule has 3 heterocycles. The quantitative estimate of drug-likeness (QED) is 0.540. The van der Waals surface area contributed by atoms with Crippen LogP contribution in [0.15, 0.2) is 48.8 Å². The van der Waals surface area contributed by atoms with Crippen molar-refractivity contribution in [2.24, 2.45) is 0 Å². The summed E-state index contributed by atoms with van der Waals surface area (Å²) in [6.45, 7) is 9.94. The van der Waals surface area contributed by atoms with Gasteiger partial charge in [0.25, 0.3) is 5.91 Å². The van der Waals surface area contributed by atoms with Gasteiger partial charge in [-0.2, -0.15) is 0 Å². The molecule has 2 aromatic heterocycles. The fourth-order valence-electron chi connectivity index (χ4n) is 4.59. The highest BCUT2D eigenvalue weighted by atomic mass is 16.2. The van der Waals surface area contributed by atoms with Crippen molar-refractivity contribution in [3.8, 4) is 0 Å². The van der Waals surface area contributed by atoms with Crippen LogP contribution >= 0.6 is 0 Å². The predicted molar refractivity (Wildman–Crippen MR) is 131 cm³/mol. The molecule has 0 radical (unpaired) electrons. The van der Waals surface area contributed by atoms with Crippen molar-refractivity contribution in [2.75, 3.05) is 42.9 Å². The maximum absolute atomic E-state index is 13.0. The predicted octanol–water partition coefficient (Wildman–Crippen LogP) is 3.85. The van der Waals surface area contributed by atoms with Crippen LogP contribution in [0.3, 0.4) is 0 Å². The second-order valence-electron chi connectivity index (χ2n) is 8.59. The van der Waals surface area contributed by atoms with Crippen LogP contribution in [0.5, 0.6) is 0 Å². The van der Waals surface area contributed by atoms with Gasteiger partial charge in [0, 0.05) is 56.4 Å². The van der Waals surface area contributed by atoms with E-state index in [0.29, 0.717) is 16.8 Å². The molecule has 172 valence electrons. The molecule has 4 rings (SSSR count). The molecule has 1 saturated heterocycles. The van der Waals surface area contributed by atoms with Crippen molar-refractivity contribution in [1.82, 2.24) is 14.9 Å². The highest BCUT2D eigenvalue weighted by molar-refractivity contribution is 6.08. The van der Waals surface area contributed by atoms with Crippen LogP contribution < -0.4 is 10.2 Å². The van der Waals surface area contributed by atoms with Gasteiger partial charge in [-0.1, -0.05) is 12.1 Å². The number of aromatic amines is 1. The Hall–Kier alpha value is -3.45. The Labute approximate surface area is 194 Å². The summed E-state index contributed by atoms with van der Waals surface area (Å²) in [7, 11) is 0. The summed E-state index contributed by atoms with van der Waals surface area (Å²) in [5.74, 6) is -0.269. The topological polar surface area (TPSA) is 81.3 Å². The lowest BCUT2D eigenvalue weighted by Crippen LogP contribution is -2.47. The third-order valence-corrected chi connectivity index (χ3v) is 6.35. The van der Waals surface area contributed by atoms with Crippen molar-refractivity contribution in [2.45, 2.75) is 27.2 Å². The number of hydrogen-bond donors (Lipinski definition) is 2. The molecule has 0 spiro atoms. The van der Waals surface area contributed by atoms with Crippen LogP contribution in [0.1, 0.15) is 44.6 Å². The van der Waals surface area contributed by atoms with E-state index >= 15 is 0 Å². The molecular formula is C26H31N5O2. The van der Waals surface area contributed by atoms with E-state index in [1.165, 1.54) is 12.5 Å². The van der Waals surface area contributed by atoms with Gasteiger partial charge in [0.2, 0.25) is 0 Å². The number of benzene rings is 1. The average Bonchev–Trinajstić information content (AvgIpc) is 3.13. The van der Waals surface area contributed by atoms with Gasteiger partial charge < -0.3 is 15.2 Å². The zero-order chi connectivity index (χ0) is 23.4. The smallest absolute Gasteiger partial charge is 0.272 e. The van der Waals surface area contributed by atoms with Crippen LogP contribution in [0.25, 0.3) is 0 Å². The molecule has 0 unspecified atom stereocenters. The fourth-order valence-corrected chi connectivity index (χ4v) is 4.59. The number of Topliss-reactive ketones (excluding diaryl/α,β-unsaturated/α-hetero) is 1. The average molecular weight is 446 g/mol. The van der Waals surface area contributed by atoms with Gasteiger partial charge in [0.1, 0.15) is 5.69 Å². The summed E-state index contributed by atoms with van der Waals surface area (Å²) in [4.78, 5) is 37.0. The molecule has 0 atom stereocenters. The number of carbonyl (C=O) groups is 2. The molecule has 0 saturated carbocycles. The van der Waals surface area contributed by atoms with Crippen molar-refractivity contribution in [1.29, 1.82) is 0 Å². The highest BCUT2D eigenvalue weighted by Crippen LogP contribution is 2.28. The van der Waals surface area contributed by atoms with Crippen LogP contribution in [-0.2, 0) is 6.42 Å². The standard InChI is InChI=1S/C26H31N5O2/c1-18-24(20(3)32)19(2)28-25(18)26(33)29-22-6-4-5-7-23(22)31-16-14-30(15-17-31)13-10-21-8-11-27-12-9-21/h4-9,11-12,28H,10,13-17H2,1-3H3,(H,29,33). The molecule has 3 aromatic rings. The van der Waals surface area contributed by atoms with Gasteiger partial charge in [-0.25, -0.2) is 0 Å². The number of ketones is 1. The molecular weight excluding hydrogens is 414 g/mol. The summed E-state index contributed by atoms with van der Waals surface area (Å²) in [6, 6.07) is 12.1. The number of aromatic nitrogens is 2. The van der Waals surface area contributed by atoms with Gasteiger partial charge in [-0.15, -0.1) is 0 Å². The van der Waals surface area contributed by atoms with E-state index in [0.717, 1.165) is 56.2 Å². The van der Waals surface area contributed by atoms with E-state index in [2.05, 4.69) is 43.3 Å². The zero-order valence-electron chi connectivity index (χ0n) is 19.5. The maximum atomic E-state index is 13.0. The molecule has 1 aliphatic rings. The number of amides is 1. The minimum absolute atomic E-state index is 0.0393. The Bertz CT molecular complexity index is 1130. The van der Waals surface area contributed by atoms with Crippen molar-refractivity contribution in [3.63, 3.8) is 0 Å². The molecule has 2 N–H and O–H groups in total. The lowest BCUT2D eigenvalue weighted by molar-refractivity contribution is 0.101. The van der Waals surface area contributed by atoms with E-state index in [-0.39, 0.29) is 11.7 Å². The summed E-state index contributed by atoms with van der Waals surface area (Å²) >= 11 is 0. The summed E-state index contributed by atoms with van der Waals surface area (Å²) in [6.07, 6.45) is 4.71. The molecule has 33 heavy (non-hydrogen) atoms. The Balaban J connectivity index is 1.41. The zero-order valence-corrected chi connectivity index (χ0v) is 19.5. The number of rotatable bonds is 7. The first kappa shape index (κ1) is 22.7. The molecule has 1 aromatic carbocycles. The second-order valence-corrected chi connectivity index (χ2v) is 8.59. The minimum Gasteiger partial charge on any atom is -0.367 e. The number of anilines is 2. The lowest BCUT2D eigenvalue weighted by atomic mass is 10.1. The van der Waals surface area contributed by atoms with Gasteiger partial charge in [-0.05, 0) is 62.6 Å². The third kappa shape index (κ3) is 5.14. The Morgan fingerprint density at radius 2 is 1.73 bits per heavy atom. The summed E-state index contributed by atoms with van der Waals surface area (Å²) in [5.41, 5.74) is 5.56. The van der Waals surface area contributed by atoms with Crippen LogP contribution in [-0.4, -0.2) is 59.3 Å². The van der Waals surface area contributed by atoms with E-state index in [4.69, 9.17) is 0 Å². The first-order valence-corrected chi connectivity index (χ1v) is 11.4. The number of hydrogen-bond acceptors (Lipinski definition) is 5. The van der Waals surface area contributed by atoms with Crippen LogP contribution in [0.4, 0.5) is 11.4 Å². The van der Waals surface area contributed by atoms with Crippen LogP contribution in [0, 0.1) is 13.8 Å². The number of para-hydroxylation sites is 2. The fraction of sp³-hybridized carbons (Fsp3) is 0.346. The van der Waals surface area contributed by atoms with E-state index < -0.39 is 0 Å². The Morgan fingerprint density at radius 1 is 1.03 bits per heavy atom. The molecule has 0 aliphatic carbocycles. The Kier molecular flexibility index (Phi) is 6.89. The van der Waals surface area contributed by atoms with Crippen molar-refractivity contribution in [3.05, 3.63) is 76.9 Å². The minimum atomic E-state index is -0.230. The SMILES string of the molecule is CC(=O)c1c(C)[nH]c(C(=O)Nc2ccccc2N2CCN(CCc3ccncc3)CC2)c1C. The maximum Gasteiger partial charge on any atom is 0.272 e. The first-order chi connectivity index (χ1) is 15.9. The number of nitrogens with zero attached hydrogens (tertiary/aromatic N) is 3. The summed E-state index contributed by atoms with van der Waals surface area (Å²) < 4.78 is 0. The molecule has 7 heteroatoms.